The molecule has 0 bridgehead atoms. The number of nitrogens with one attached hydrogen (secondary N) is 2. The molecule has 19 heavy (non-hydrogen) atoms. The summed E-state index contributed by atoms with van der Waals surface area (Å²) in [7, 11) is 0.415. The van der Waals surface area contributed by atoms with Crippen molar-refractivity contribution in [2.24, 2.45) is 4.99 Å². The minimum atomic E-state index is -2.94. The smallest absolute Gasteiger partial charge is 0.191 e. The third-order valence-electron chi connectivity index (χ3n) is 2.18. The Hall–Kier alpha value is -0.860. The molecule has 0 aliphatic rings. The molecule has 0 saturated carbocycles. The number of aliphatic imine (C=N–C) groups is 1. The highest BCUT2D eigenvalue weighted by Crippen LogP contribution is 1.83. The second kappa shape index (κ2) is 11.0. The highest BCUT2D eigenvalue weighted by Gasteiger charge is 2.01. The molecule has 0 unspecified atom stereocenters. The summed E-state index contributed by atoms with van der Waals surface area (Å²) >= 11 is 0. The fraction of sp³-hybridized carbons (Fsp3) is 0.909. The van der Waals surface area contributed by atoms with Gasteiger partial charge in [0, 0.05) is 40.1 Å². The molecule has 0 aliphatic heterocycles. The Labute approximate surface area is 115 Å². The minimum absolute atomic E-state index is 0.0526. The molecule has 0 saturated heterocycles. The van der Waals surface area contributed by atoms with Crippen molar-refractivity contribution in [3.05, 3.63) is 0 Å². The fourth-order valence-corrected chi connectivity index (χ4v) is 1.62. The summed E-state index contributed by atoms with van der Waals surface area (Å²) in [5, 5.41) is 6.19. The first-order valence-electron chi connectivity index (χ1n) is 6.18. The predicted octanol–water partition coefficient (Wildman–Crippen LogP) is -0.751. The average Bonchev–Trinajstić information content (AvgIpc) is 2.34. The maximum Gasteiger partial charge on any atom is 0.191 e. The average molecular weight is 295 g/mol. The van der Waals surface area contributed by atoms with Crippen molar-refractivity contribution in [2.45, 2.75) is 6.42 Å². The fourth-order valence-electron chi connectivity index (χ4n) is 1.20. The Kier molecular flexibility index (Phi) is 10.5. The van der Waals surface area contributed by atoms with E-state index in [2.05, 4.69) is 15.6 Å². The lowest BCUT2D eigenvalue weighted by atomic mass is 10.4. The quantitative estimate of drug-likeness (QED) is 0.313. The van der Waals surface area contributed by atoms with Gasteiger partial charge >= 0.3 is 0 Å². The van der Waals surface area contributed by atoms with Crippen LogP contribution in [-0.4, -0.2) is 73.5 Å². The molecule has 0 aromatic heterocycles. The Morgan fingerprint density at radius 1 is 1.16 bits per heavy atom. The number of rotatable bonds is 10. The number of methoxy groups -OCH3 is 1. The van der Waals surface area contributed by atoms with Crippen LogP contribution in [0, 0.1) is 0 Å². The molecule has 0 heterocycles. The highest BCUT2D eigenvalue weighted by molar-refractivity contribution is 7.90. The first-order chi connectivity index (χ1) is 8.99. The minimum Gasteiger partial charge on any atom is -0.385 e. The van der Waals surface area contributed by atoms with Crippen LogP contribution in [-0.2, 0) is 19.3 Å². The maximum atomic E-state index is 10.9. The molecule has 8 heteroatoms. The maximum absolute atomic E-state index is 10.9. The van der Waals surface area contributed by atoms with Crippen molar-refractivity contribution in [3.63, 3.8) is 0 Å². The lowest BCUT2D eigenvalue weighted by Gasteiger charge is -2.11. The molecule has 0 atom stereocenters. The number of ether oxygens (including phenoxy) is 2. The summed E-state index contributed by atoms with van der Waals surface area (Å²) in [6.07, 6.45) is 2.10. The largest absolute Gasteiger partial charge is 0.385 e. The van der Waals surface area contributed by atoms with E-state index in [-0.39, 0.29) is 12.4 Å². The van der Waals surface area contributed by atoms with Gasteiger partial charge in [-0.05, 0) is 6.42 Å². The second-order valence-electron chi connectivity index (χ2n) is 4.01. The lowest BCUT2D eigenvalue weighted by Crippen LogP contribution is -2.39. The van der Waals surface area contributed by atoms with E-state index in [1.54, 1.807) is 14.2 Å². The van der Waals surface area contributed by atoms with E-state index in [0.29, 0.717) is 25.7 Å². The number of nitrogens with zero attached hydrogens (tertiary/aromatic N) is 1. The van der Waals surface area contributed by atoms with Gasteiger partial charge in [0.15, 0.2) is 5.96 Å². The zero-order chi connectivity index (χ0) is 14.6. The van der Waals surface area contributed by atoms with Gasteiger partial charge < -0.3 is 20.1 Å². The Bertz CT molecular complexity index is 344. The lowest BCUT2D eigenvalue weighted by molar-refractivity contribution is 0.154. The van der Waals surface area contributed by atoms with Crippen LogP contribution in [0.1, 0.15) is 6.42 Å². The molecular formula is C11H25N3O4S. The van der Waals surface area contributed by atoms with Crippen LogP contribution < -0.4 is 10.6 Å². The van der Waals surface area contributed by atoms with Crippen LogP contribution in [0.4, 0.5) is 0 Å². The van der Waals surface area contributed by atoms with Gasteiger partial charge in [-0.25, -0.2) is 8.42 Å². The van der Waals surface area contributed by atoms with Crippen molar-refractivity contribution in [2.75, 3.05) is 59.1 Å². The molecule has 0 aromatic carbocycles. The predicted molar refractivity (Wildman–Crippen MR) is 76.4 cm³/mol. The summed E-state index contributed by atoms with van der Waals surface area (Å²) < 4.78 is 31.9. The summed E-state index contributed by atoms with van der Waals surface area (Å²) in [5.41, 5.74) is 0. The summed E-state index contributed by atoms with van der Waals surface area (Å²) in [6.45, 7) is 2.73. The number of sulfone groups is 1. The molecule has 0 aliphatic carbocycles. The Balaban J connectivity index is 3.52. The summed E-state index contributed by atoms with van der Waals surface area (Å²) in [6, 6.07) is 0. The molecular weight excluding hydrogens is 270 g/mol. The zero-order valence-corrected chi connectivity index (χ0v) is 12.8. The summed E-state index contributed by atoms with van der Waals surface area (Å²) in [5.74, 6) is 0.750. The summed E-state index contributed by atoms with van der Waals surface area (Å²) in [4.78, 5) is 4.04. The van der Waals surface area contributed by atoms with Crippen molar-refractivity contribution >= 4 is 15.8 Å². The molecule has 2 N–H and O–H groups in total. The molecule has 0 amide bonds. The Morgan fingerprint density at radius 2 is 1.84 bits per heavy atom. The number of hydrogen-bond acceptors (Lipinski definition) is 5. The van der Waals surface area contributed by atoms with Crippen molar-refractivity contribution in [1.29, 1.82) is 0 Å². The topological polar surface area (TPSA) is 89.0 Å². The third kappa shape index (κ3) is 13.4. The zero-order valence-electron chi connectivity index (χ0n) is 11.9. The van der Waals surface area contributed by atoms with E-state index in [4.69, 9.17) is 9.47 Å². The van der Waals surface area contributed by atoms with Gasteiger partial charge in [-0.2, -0.15) is 0 Å². The van der Waals surface area contributed by atoms with E-state index in [1.807, 2.05) is 0 Å². The van der Waals surface area contributed by atoms with E-state index >= 15 is 0 Å². The van der Waals surface area contributed by atoms with Crippen LogP contribution in [0.3, 0.4) is 0 Å². The molecule has 0 spiro atoms. The van der Waals surface area contributed by atoms with Crippen molar-refractivity contribution in [1.82, 2.24) is 10.6 Å². The van der Waals surface area contributed by atoms with Crippen LogP contribution in [0.25, 0.3) is 0 Å². The van der Waals surface area contributed by atoms with E-state index in [1.165, 1.54) is 6.26 Å². The van der Waals surface area contributed by atoms with Gasteiger partial charge in [0.05, 0.1) is 19.0 Å². The van der Waals surface area contributed by atoms with Gasteiger partial charge in [-0.3, -0.25) is 4.99 Å². The Morgan fingerprint density at radius 3 is 2.42 bits per heavy atom. The van der Waals surface area contributed by atoms with Crippen molar-refractivity contribution in [3.8, 4) is 0 Å². The molecule has 7 nitrogen and oxygen atoms in total. The molecule has 0 rings (SSSR count). The normalized spacial score (nSPS) is 12.5. The first-order valence-corrected chi connectivity index (χ1v) is 8.24. The first kappa shape index (κ1) is 18.1. The van der Waals surface area contributed by atoms with Gasteiger partial charge in [0.2, 0.25) is 0 Å². The standard InChI is InChI=1S/C11H25N3O4S/c1-12-11(13-5-4-7-17-2)14-6-8-18-9-10-19(3,15)16/h4-10H2,1-3H3,(H2,12,13,14). The van der Waals surface area contributed by atoms with Gasteiger partial charge in [0.25, 0.3) is 0 Å². The van der Waals surface area contributed by atoms with Crippen LogP contribution in [0.2, 0.25) is 0 Å². The van der Waals surface area contributed by atoms with Crippen molar-refractivity contribution < 1.29 is 17.9 Å². The monoisotopic (exact) mass is 295 g/mol. The number of guanidine groups is 1. The van der Waals surface area contributed by atoms with Crippen LogP contribution in [0.15, 0.2) is 4.99 Å². The molecule has 0 radical (unpaired) electrons. The molecule has 114 valence electrons. The van der Waals surface area contributed by atoms with Gasteiger partial charge in [-0.1, -0.05) is 0 Å². The van der Waals surface area contributed by atoms with E-state index in [9.17, 15) is 8.42 Å². The molecule has 0 fully saturated rings. The van der Waals surface area contributed by atoms with Gasteiger partial charge in [0.1, 0.15) is 9.84 Å². The third-order valence-corrected chi connectivity index (χ3v) is 3.09. The van der Waals surface area contributed by atoms with Crippen LogP contribution in [0.5, 0.6) is 0 Å². The highest BCUT2D eigenvalue weighted by atomic mass is 32.2. The molecule has 0 aromatic rings. The van der Waals surface area contributed by atoms with E-state index < -0.39 is 9.84 Å². The SMILES string of the molecule is CN=C(NCCCOC)NCCOCCS(C)(=O)=O. The number of hydrogen-bond donors (Lipinski definition) is 2. The second-order valence-corrected chi connectivity index (χ2v) is 6.27. The van der Waals surface area contributed by atoms with Gasteiger partial charge in [-0.15, -0.1) is 0 Å². The van der Waals surface area contributed by atoms with E-state index in [0.717, 1.165) is 13.0 Å². The van der Waals surface area contributed by atoms with Crippen LogP contribution >= 0.6 is 0 Å².